The first-order valence-electron chi connectivity index (χ1n) is 10.7. The molecule has 1 heterocycles. The first-order valence-corrected chi connectivity index (χ1v) is 12.7. The van der Waals surface area contributed by atoms with Crippen molar-refractivity contribution in [2.75, 3.05) is 18.9 Å². The number of ether oxygens (including phenoxy) is 2. The summed E-state index contributed by atoms with van der Waals surface area (Å²) in [6.07, 6.45) is 0. The molecule has 32 heavy (non-hydrogen) atoms. The zero-order valence-corrected chi connectivity index (χ0v) is 20.0. The number of thioether (sulfide) groups is 2. The zero-order chi connectivity index (χ0) is 22.3. The van der Waals surface area contributed by atoms with Crippen molar-refractivity contribution in [1.29, 1.82) is 0 Å². The van der Waals surface area contributed by atoms with E-state index in [1.165, 1.54) is 0 Å². The van der Waals surface area contributed by atoms with Crippen LogP contribution in [0.2, 0.25) is 0 Å². The molecule has 3 aromatic carbocycles. The lowest BCUT2D eigenvalue weighted by Crippen LogP contribution is -2.35. The first-order chi connectivity index (χ1) is 15.7. The lowest BCUT2D eigenvalue weighted by Gasteiger charge is -2.10. The topological polar surface area (TPSA) is 53.3 Å². The van der Waals surface area contributed by atoms with Crippen molar-refractivity contribution in [1.82, 2.24) is 4.57 Å². The number of imidazole rings is 1. The van der Waals surface area contributed by atoms with Gasteiger partial charge in [-0.1, -0.05) is 59.9 Å². The molecule has 0 radical (unpaired) electrons. The van der Waals surface area contributed by atoms with E-state index in [2.05, 4.69) is 45.5 Å². The summed E-state index contributed by atoms with van der Waals surface area (Å²) in [5.74, 6) is 3.94. The van der Waals surface area contributed by atoms with Gasteiger partial charge < -0.3 is 9.47 Å². The van der Waals surface area contributed by atoms with Gasteiger partial charge in [0.05, 0.1) is 23.0 Å². The average Bonchev–Trinajstić information content (AvgIpc) is 3.09. The number of nitrogen functional groups attached to an aromatic ring is 1. The molecular formula is C25H28N3O2S2+. The molecule has 1 aromatic heterocycles. The van der Waals surface area contributed by atoms with Crippen LogP contribution < -0.4 is 19.8 Å². The van der Waals surface area contributed by atoms with E-state index in [9.17, 15) is 0 Å². The second kappa shape index (κ2) is 10.7. The molecule has 0 saturated carbocycles. The van der Waals surface area contributed by atoms with Gasteiger partial charge in [-0.25, -0.2) is 9.13 Å². The third-order valence-electron chi connectivity index (χ3n) is 5.01. The molecule has 0 spiro atoms. The van der Waals surface area contributed by atoms with Gasteiger partial charge in [-0.3, -0.25) is 5.73 Å². The number of nitrogens with two attached hydrogens (primary N) is 1. The van der Waals surface area contributed by atoms with Gasteiger partial charge >= 0.3 is 5.95 Å². The maximum absolute atomic E-state index is 6.67. The molecule has 7 heteroatoms. The van der Waals surface area contributed by atoms with Crippen molar-refractivity contribution < 1.29 is 14.0 Å². The summed E-state index contributed by atoms with van der Waals surface area (Å²) < 4.78 is 15.9. The Hall–Kier alpha value is -2.77. The molecule has 0 fully saturated rings. The van der Waals surface area contributed by atoms with E-state index in [4.69, 9.17) is 15.2 Å². The van der Waals surface area contributed by atoms with Crippen molar-refractivity contribution >= 4 is 40.5 Å². The lowest BCUT2D eigenvalue weighted by atomic mass is 10.3. The Morgan fingerprint density at radius 3 is 2.00 bits per heavy atom. The molecule has 0 unspecified atom stereocenters. The molecule has 0 atom stereocenters. The van der Waals surface area contributed by atoms with Crippen LogP contribution in [0.1, 0.15) is 13.8 Å². The van der Waals surface area contributed by atoms with E-state index < -0.39 is 0 Å². The van der Waals surface area contributed by atoms with Crippen LogP contribution in [0.3, 0.4) is 0 Å². The summed E-state index contributed by atoms with van der Waals surface area (Å²) >= 11 is 3.45. The lowest BCUT2D eigenvalue weighted by molar-refractivity contribution is -0.635. The van der Waals surface area contributed by atoms with Crippen molar-refractivity contribution in [3.05, 3.63) is 72.8 Å². The van der Waals surface area contributed by atoms with Gasteiger partial charge in [0.15, 0.2) is 0 Å². The molecule has 0 bridgehead atoms. The molecule has 0 saturated heterocycles. The number of aromatic nitrogens is 2. The summed E-state index contributed by atoms with van der Waals surface area (Å²) in [4.78, 5) is 2.22. The molecule has 0 aliphatic heterocycles. The van der Waals surface area contributed by atoms with Crippen LogP contribution in [-0.2, 0) is 11.8 Å². The van der Waals surface area contributed by atoms with Crippen LogP contribution in [0, 0.1) is 0 Å². The maximum Gasteiger partial charge on any atom is 0.357 e. The first kappa shape index (κ1) is 22.4. The Morgan fingerprint density at radius 1 is 0.781 bits per heavy atom. The minimum Gasteiger partial charge on any atom is -0.493 e. The summed E-state index contributed by atoms with van der Waals surface area (Å²) in [5.41, 5.74) is 8.91. The molecule has 4 rings (SSSR count). The molecule has 5 nitrogen and oxygen atoms in total. The highest BCUT2D eigenvalue weighted by molar-refractivity contribution is 7.98. The molecule has 4 aromatic rings. The molecule has 166 valence electrons. The van der Waals surface area contributed by atoms with Crippen molar-refractivity contribution in [3.8, 4) is 11.5 Å². The van der Waals surface area contributed by atoms with E-state index >= 15 is 0 Å². The highest BCUT2D eigenvalue weighted by Gasteiger charge is 2.21. The molecule has 0 aliphatic rings. The quantitative estimate of drug-likeness (QED) is 0.236. The van der Waals surface area contributed by atoms with Gasteiger partial charge in [-0.15, -0.1) is 0 Å². The van der Waals surface area contributed by atoms with Gasteiger partial charge in [0, 0.05) is 0 Å². The van der Waals surface area contributed by atoms with E-state index in [1.807, 2.05) is 50.2 Å². The van der Waals surface area contributed by atoms with Gasteiger partial charge in [-0.2, -0.15) is 0 Å². The fraction of sp³-hybridized carbons (Fsp3) is 0.240. The standard InChI is InChI=1S/C25H27N3O2S2/c1-3-29-21-13-7-9-15-23(21)31-17-27-19-11-5-6-12-20(19)28(25(27)26)18-32-24-16-10-8-14-22(24)30-4-2/h5-16,26H,3-4,17-18H2,1-2H3/p+1. The van der Waals surface area contributed by atoms with Gasteiger partial charge in [0.1, 0.15) is 34.3 Å². The van der Waals surface area contributed by atoms with Crippen molar-refractivity contribution in [3.63, 3.8) is 0 Å². The number of rotatable bonds is 10. The predicted octanol–water partition coefficient (Wildman–Crippen LogP) is 5.81. The third kappa shape index (κ3) is 4.84. The van der Waals surface area contributed by atoms with E-state index in [0.29, 0.717) is 25.0 Å². The smallest absolute Gasteiger partial charge is 0.357 e. The predicted molar refractivity (Wildman–Crippen MR) is 133 cm³/mol. The summed E-state index contributed by atoms with van der Waals surface area (Å²) in [6, 6.07) is 24.6. The second-order valence-electron chi connectivity index (χ2n) is 7.01. The Labute approximate surface area is 197 Å². The number of fused-ring (bicyclic) bond motifs is 1. The van der Waals surface area contributed by atoms with E-state index in [0.717, 1.165) is 38.3 Å². The van der Waals surface area contributed by atoms with Crippen LogP contribution in [0.5, 0.6) is 11.5 Å². The van der Waals surface area contributed by atoms with Crippen LogP contribution in [-0.4, -0.2) is 17.8 Å². The number of para-hydroxylation sites is 4. The zero-order valence-electron chi connectivity index (χ0n) is 18.4. The fourth-order valence-electron chi connectivity index (χ4n) is 3.54. The van der Waals surface area contributed by atoms with Crippen molar-refractivity contribution in [2.45, 2.75) is 35.4 Å². The third-order valence-corrected chi connectivity index (χ3v) is 7.08. The fourth-order valence-corrected chi connectivity index (χ4v) is 5.51. The summed E-state index contributed by atoms with van der Waals surface area (Å²) in [5, 5.41) is 0. The van der Waals surface area contributed by atoms with Gasteiger partial charge in [0.2, 0.25) is 0 Å². The van der Waals surface area contributed by atoms with Crippen LogP contribution in [0.25, 0.3) is 11.0 Å². The average molecular weight is 467 g/mol. The van der Waals surface area contributed by atoms with Crippen LogP contribution in [0.4, 0.5) is 5.95 Å². The maximum atomic E-state index is 6.67. The highest BCUT2D eigenvalue weighted by atomic mass is 32.2. The Kier molecular flexibility index (Phi) is 7.50. The number of nitrogens with zero attached hydrogens (tertiary/aromatic N) is 2. The number of hydrogen-bond acceptors (Lipinski definition) is 5. The number of anilines is 1. The van der Waals surface area contributed by atoms with Gasteiger partial charge in [0.25, 0.3) is 0 Å². The minimum atomic E-state index is 0.645. The molecule has 0 aliphatic carbocycles. The molecular weight excluding hydrogens is 438 g/mol. The SMILES string of the molecule is CCOc1ccccc1SCn1c(N)[n+](CSc2ccccc2OCC)c2ccccc21. The van der Waals surface area contributed by atoms with Crippen LogP contribution >= 0.6 is 23.5 Å². The van der Waals surface area contributed by atoms with Crippen LogP contribution in [0.15, 0.2) is 82.6 Å². The normalized spacial score (nSPS) is 11.1. The molecule has 0 amide bonds. The van der Waals surface area contributed by atoms with E-state index in [1.54, 1.807) is 23.5 Å². The van der Waals surface area contributed by atoms with E-state index in [-0.39, 0.29) is 0 Å². The largest absolute Gasteiger partial charge is 0.493 e. The highest BCUT2D eigenvalue weighted by Crippen LogP contribution is 2.33. The number of benzene rings is 3. The second-order valence-corrected chi connectivity index (χ2v) is 8.98. The molecule has 2 N–H and O–H groups in total. The van der Waals surface area contributed by atoms with Gasteiger partial charge in [-0.05, 0) is 50.2 Å². The minimum absolute atomic E-state index is 0.645. The number of hydrogen-bond donors (Lipinski definition) is 1. The summed E-state index contributed by atoms with van der Waals surface area (Å²) in [7, 11) is 0. The monoisotopic (exact) mass is 466 g/mol. The van der Waals surface area contributed by atoms with Crippen molar-refractivity contribution in [2.24, 2.45) is 0 Å². The Morgan fingerprint density at radius 2 is 1.34 bits per heavy atom. The summed E-state index contributed by atoms with van der Waals surface area (Å²) in [6.45, 7) is 5.30. The Balaban J connectivity index is 1.60. The Bertz CT molecular complexity index is 1100.